The lowest BCUT2D eigenvalue weighted by molar-refractivity contribution is -0.161. The van der Waals surface area contributed by atoms with Crippen molar-refractivity contribution >= 4 is 29.4 Å². The number of aromatic nitrogens is 1. The molecule has 0 amide bonds. The fraction of sp³-hybridized carbons (Fsp3) is 0.429. The Morgan fingerprint density at radius 2 is 1.70 bits per heavy atom. The Morgan fingerprint density at radius 1 is 1.02 bits per heavy atom. The van der Waals surface area contributed by atoms with Gasteiger partial charge in [0, 0.05) is 0 Å². The SMILES string of the molecule is CCOC(=O)C1=C(C)N=c2sc(=Cc3ccc(OC(=O)C45CC6CC(CC(C6)C4)C5)c(OC)c3)c(=O)n2[C@@H]1c1ccccc1. The zero-order chi connectivity index (χ0) is 30.6. The van der Waals surface area contributed by atoms with Gasteiger partial charge in [0.2, 0.25) is 0 Å². The monoisotopic (exact) mass is 612 g/mol. The number of benzene rings is 2. The van der Waals surface area contributed by atoms with Gasteiger partial charge in [-0.15, -0.1) is 0 Å². The number of carbonyl (C=O) groups excluding carboxylic acids is 2. The van der Waals surface area contributed by atoms with Crippen LogP contribution in [0.5, 0.6) is 11.5 Å². The van der Waals surface area contributed by atoms with Gasteiger partial charge in [-0.05, 0) is 99.5 Å². The van der Waals surface area contributed by atoms with Gasteiger partial charge < -0.3 is 14.2 Å². The van der Waals surface area contributed by atoms with Gasteiger partial charge in [-0.25, -0.2) is 9.79 Å². The highest BCUT2D eigenvalue weighted by atomic mass is 32.1. The van der Waals surface area contributed by atoms with Crippen LogP contribution in [0, 0.1) is 23.2 Å². The fourth-order valence-corrected chi connectivity index (χ4v) is 9.37. The van der Waals surface area contributed by atoms with Gasteiger partial charge in [0.05, 0.1) is 41.0 Å². The number of thiazole rings is 1. The van der Waals surface area contributed by atoms with E-state index in [0.717, 1.165) is 30.4 Å². The van der Waals surface area contributed by atoms with Crippen LogP contribution in [0.2, 0.25) is 0 Å². The predicted molar refractivity (Wildman–Crippen MR) is 166 cm³/mol. The molecule has 1 aliphatic heterocycles. The smallest absolute Gasteiger partial charge is 0.338 e. The standard InChI is InChI=1S/C35H36N2O6S/c1-4-42-32(39)29-20(2)36-34-37(30(29)25-8-6-5-7-9-25)31(38)28(44-34)16-21-10-11-26(27(15-21)41-3)43-33(40)35-17-22-12-23(18-35)14-24(13-22)19-35/h5-11,15-16,22-24,30H,4,12-14,17-19H2,1-3H3/t22?,23?,24?,30-,35?/m1/s1. The lowest BCUT2D eigenvalue weighted by Crippen LogP contribution is -2.51. The summed E-state index contributed by atoms with van der Waals surface area (Å²) < 4.78 is 19.1. The molecule has 0 spiro atoms. The van der Waals surface area contributed by atoms with Gasteiger partial charge >= 0.3 is 11.9 Å². The number of carbonyl (C=O) groups is 2. The quantitative estimate of drug-likeness (QED) is 0.278. The highest BCUT2D eigenvalue weighted by Crippen LogP contribution is 2.60. The first-order chi connectivity index (χ1) is 21.3. The van der Waals surface area contributed by atoms with Crippen molar-refractivity contribution < 1.29 is 23.8 Å². The third-order valence-electron chi connectivity index (χ3n) is 9.79. The van der Waals surface area contributed by atoms with Gasteiger partial charge in [0.15, 0.2) is 16.3 Å². The summed E-state index contributed by atoms with van der Waals surface area (Å²) in [6, 6.07) is 14.1. The van der Waals surface area contributed by atoms with Crippen LogP contribution in [-0.4, -0.2) is 30.2 Å². The molecule has 4 saturated carbocycles. The third-order valence-corrected chi connectivity index (χ3v) is 10.8. The second-order valence-electron chi connectivity index (χ2n) is 12.7. The van der Waals surface area contributed by atoms with E-state index in [0.29, 0.717) is 49.9 Å². The van der Waals surface area contributed by atoms with Crippen molar-refractivity contribution in [1.29, 1.82) is 0 Å². The summed E-state index contributed by atoms with van der Waals surface area (Å²) >= 11 is 1.26. The normalized spacial score (nSPS) is 27.1. The van der Waals surface area contributed by atoms with E-state index in [2.05, 4.69) is 4.99 Å². The molecule has 3 aromatic rings. The Balaban J connectivity index is 1.22. The van der Waals surface area contributed by atoms with Crippen molar-refractivity contribution in [3.63, 3.8) is 0 Å². The van der Waals surface area contributed by atoms with Crippen molar-refractivity contribution in [2.45, 2.75) is 58.4 Å². The third kappa shape index (κ3) is 4.91. The van der Waals surface area contributed by atoms with E-state index in [4.69, 9.17) is 14.2 Å². The summed E-state index contributed by atoms with van der Waals surface area (Å²) in [6.07, 6.45) is 8.34. The molecule has 0 saturated heterocycles. The highest BCUT2D eigenvalue weighted by molar-refractivity contribution is 7.07. The number of nitrogens with zero attached hydrogens (tertiary/aromatic N) is 2. The Hall–Kier alpha value is -3.98. The minimum Gasteiger partial charge on any atom is -0.493 e. The molecular formula is C35H36N2O6S. The number of fused-ring (bicyclic) bond motifs is 1. The molecule has 228 valence electrons. The summed E-state index contributed by atoms with van der Waals surface area (Å²) in [5.74, 6) is 2.14. The van der Waals surface area contributed by atoms with Crippen molar-refractivity contribution in [2.75, 3.05) is 13.7 Å². The molecule has 5 aliphatic rings. The summed E-state index contributed by atoms with van der Waals surface area (Å²) in [5, 5.41) is 0. The molecule has 8 nitrogen and oxygen atoms in total. The number of methoxy groups -OCH3 is 1. The molecular weight excluding hydrogens is 576 g/mol. The first-order valence-electron chi connectivity index (χ1n) is 15.4. The molecule has 2 aromatic carbocycles. The van der Waals surface area contributed by atoms with Crippen molar-refractivity contribution in [3.8, 4) is 11.5 Å². The molecule has 8 rings (SSSR count). The summed E-state index contributed by atoms with van der Waals surface area (Å²) in [4.78, 5) is 45.7. The summed E-state index contributed by atoms with van der Waals surface area (Å²) in [6.45, 7) is 3.75. The number of hydrogen-bond acceptors (Lipinski definition) is 8. The number of ether oxygens (including phenoxy) is 3. The van der Waals surface area contributed by atoms with Crippen LogP contribution in [0.3, 0.4) is 0 Å². The maximum Gasteiger partial charge on any atom is 0.338 e. The molecule has 0 N–H and O–H groups in total. The molecule has 1 aromatic heterocycles. The summed E-state index contributed by atoms with van der Waals surface area (Å²) in [5.41, 5.74) is 1.76. The van der Waals surface area contributed by atoms with E-state index >= 15 is 0 Å². The van der Waals surface area contributed by atoms with Crippen LogP contribution in [0.25, 0.3) is 6.08 Å². The maximum absolute atomic E-state index is 13.9. The minimum atomic E-state index is -0.658. The number of allylic oxidation sites excluding steroid dienone is 1. The molecule has 0 unspecified atom stereocenters. The maximum atomic E-state index is 13.9. The number of rotatable bonds is 7. The van der Waals surface area contributed by atoms with Crippen LogP contribution < -0.4 is 24.4 Å². The lowest BCUT2D eigenvalue weighted by atomic mass is 9.49. The van der Waals surface area contributed by atoms with Crippen LogP contribution in [0.4, 0.5) is 0 Å². The molecule has 1 atom stereocenters. The Labute approximate surface area is 259 Å². The van der Waals surface area contributed by atoms with E-state index in [1.54, 1.807) is 43.7 Å². The van der Waals surface area contributed by atoms with Crippen molar-refractivity contribution in [3.05, 3.63) is 90.6 Å². The molecule has 44 heavy (non-hydrogen) atoms. The highest BCUT2D eigenvalue weighted by Gasteiger charge is 2.55. The molecule has 4 fully saturated rings. The van der Waals surface area contributed by atoms with E-state index in [1.165, 1.54) is 30.6 Å². The van der Waals surface area contributed by atoms with E-state index < -0.39 is 12.0 Å². The number of esters is 2. The van der Waals surface area contributed by atoms with Crippen molar-refractivity contribution in [1.82, 2.24) is 4.57 Å². The minimum absolute atomic E-state index is 0.135. The topological polar surface area (TPSA) is 96.2 Å². The Bertz CT molecular complexity index is 1820. The van der Waals surface area contributed by atoms with Gasteiger partial charge in [0.25, 0.3) is 5.56 Å². The molecule has 4 aliphatic carbocycles. The lowest BCUT2D eigenvalue weighted by Gasteiger charge is -2.55. The molecule has 0 radical (unpaired) electrons. The second-order valence-corrected chi connectivity index (χ2v) is 13.7. The van der Waals surface area contributed by atoms with E-state index in [-0.39, 0.29) is 23.6 Å². The Kier molecular flexibility index (Phi) is 7.31. The van der Waals surface area contributed by atoms with Gasteiger partial charge in [-0.1, -0.05) is 47.7 Å². The fourth-order valence-electron chi connectivity index (χ4n) is 8.32. The second kappa shape index (κ2) is 11.2. The van der Waals surface area contributed by atoms with Crippen molar-refractivity contribution in [2.24, 2.45) is 28.2 Å². The first-order valence-corrected chi connectivity index (χ1v) is 16.2. The average molecular weight is 613 g/mol. The van der Waals surface area contributed by atoms with Crippen LogP contribution in [0.15, 0.2) is 69.6 Å². The summed E-state index contributed by atoms with van der Waals surface area (Å²) in [7, 11) is 1.55. The van der Waals surface area contributed by atoms with Gasteiger partial charge in [-0.2, -0.15) is 0 Å². The number of hydrogen-bond donors (Lipinski definition) is 0. The van der Waals surface area contributed by atoms with Gasteiger partial charge in [0.1, 0.15) is 0 Å². The van der Waals surface area contributed by atoms with Crippen LogP contribution in [0.1, 0.15) is 69.5 Å². The zero-order valence-electron chi connectivity index (χ0n) is 25.2. The van der Waals surface area contributed by atoms with E-state index in [1.807, 2.05) is 36.4 Å². The largest absolute Gasteiger partial charge is 0.493 e. The van der Waals surface area contributed by atoms with Crippen LogP contribution >= 0.6 is 11.3 Å². The molecule has 2 heterocycles. The van der Waals surface area contributed by atoms with Gasteiger partial charge in [-0.3, -0.25) is 14.2 Å². The first kappa shape index (κ1) is 28.8. The zero-order valence-corrected chi connectivity index (χ0v) is 26.0. The predicted octanol–water partition coefficient (Wildman–Crippen LogP) is 4.93. The average Bonchev–Trinajstić information content (AvgIpc) is 3.30. The van der Waals surface area contributed by atoms with E-state index in [9.17, 15) is 14.4 Å². The molecule has 4 bridgehead atoms. The molecule has 9 heteroatoms. The van der Waals surface area contributed by atoms with Crippen LogP contribution in [-0.2, 0) is 14.3 Å². The Morgan fingerprint density at radius 3 is 2.34 bits per heavy atom.